The van der Waals surface area contributed by atoms with Gasteiger partial charge in [0.1, 0.15) is 0 Å². The molecule has 0 atom stereocenters. The molecule has 0 saturated heterocycles. The maximum Gasteiger partial charge on any atom is 0.0562 e. The Kier molecular flexibility index (Phi) is 8.19. The van der Waals surface area contributed by atoms with Crippen LogP contribution in [0.5, 0.6) is 0 Å². The zero-order valence-corrected chi connectivity index (χ0v) is 31.8. The lowest BCUT2D eigenvalue weighted by atomic mass is 9.85. The van der Waals surface area contributed by atoms with Gasteiger partial charge in [0, 0.05) is 27.7 Å². The third-order valence-electron chi connectivity index (χ3n) is 11.6. The van der Waals surface area contributed by atoms with Crippen molar-refractivity contribution >= 4 is 60.4 Å². The van der Waals surface area contributed by atoms with E-state index in [0.717, 1.165) is 28.3 Å². The maximum atomic E-state index is 2.50. The van der Waals surface area contributed by atoms with Crippen molar-refractivity contribution in [2.45, 2.75) is 0 Å². The minimum Gasteiger partial charge on any atom is -0.309 e. The molecular formula is C56H38N2. The summed E-state index contributed by atoms with van der Waals surface area (Å²) in [5.74, 6) is 0. The summed E-state index contributed by atoms with van der Waals surface area (Å²) in [6.45, 7) is 0. The van der Waals surface area contributed by atoms with Gasteiger partial charge in [-0.1, -0.05) is 182 Å². The molecule has 0 aliphatic carbocycles. The molecule has 11 aromatic rings. The summed E-state index contributed by atoms with van der Waals surface area (Å²) in [5, 5.41) is 7.35. The van der Waals surface area contributed by atoms with Gasteiger partial charge in [-0.25, -0.2) is 0 Å². The SMILES string of the molecule is c1ccc(-c2ccccc2N(c2ccc3c(c2)c(-c2ccccc2)c(-c2ccccc2)c2ccccc23)c2cccc3c2c2ccccc2n3-c2ccccc2)cc1. The molecule has 272 valence electrons. The van der Waals surface area contributed by atoms with Gasteiger partial charge >= 0.3 is 0 Å². The summed E-state index contributed by atoms with van der Waals surface area (Å²) in [5.41, 5.74) is 14.0. The molecule has 0 radical (unpaired) electrons. The van der Waals surface area contributed by atoms with E-state index in [0.29, 0.717) is 0 Å². The molecule has 0 aliphatic heterocycles. The number of hydrogen-bond acceptors (Lipinski definition) is 1. The molecule has 0 bridgehead atoms. The molecule has 0 spiro atoms. The summed E-state index contributed by atoms with van der Waals surface area (Å²) >= 11 is 0. The Bertz CT molecular complexity index is 3260. The van der Waals surface area contributed by atoms with Crippen LogP contribution in [0.25, 0.3) is 82.4 Å². The van der Waals surface area contributed by atoms with Crippen molar-refractivity contribution in [3.05, 3.63) is 231 Å². The second kappa shape index (κ2) is 14.1. The molecule has 0 saturated carbocycles. The fourth-order valence-electron chi connectivity index (χ4n) is 9.11. The molecule has 2 nitrogen and oxygen atoms in total. The molecule has 0 fully saturated rings. The lowest BCUT2D eigenvalue weighted by molar-refractivity contribution is 1.18. The molecule has 1 aromatic heterocycles. The molecular weight excluding hydrogens is 701 g/mol. The highest BCUT2D eigenvalue weighted by molar-refractivity contribution is 6.23. The summed E-state index contributed by atoms with van der Waals surface area (Å²) < 4.78 is 2.40. The Morgan fingerprint density at radius 1 is 0.310 bits per heavy atom. The van der Waals surface area contributed by atoms with E-state index in [1.54, 1.807) is 0 Å². The number of rotatable bonds is 7. The number of nitrogens with zero attached hydrogens (tertiary/aromatic N) is 2. The summed E-state index contributed by atoms with van der Waals surface area (Å²) in [4.78, 5) is 2.50. The largest absolute Gasteiger partial charge is 0.309 e. The minimum atomic E-state index is 1.09. The van der Waals surface area contributed by atoms with Crippen LogP contribution in [0.3, 0.4) is 0 Å². The zero-order valence-electron chi connectivity index (χ0n) is 31.8. The average molecular weight is 739 g/mol. The van der Waals surface area contributed by atoms with Gasteiger partial charge in [-0.15, -0.1) is 0 Å². The smallest absolute Gasteiger partial charge is 0.0562 e. The van der Waals surface area contributed by atoms with Gasteiger partial charge < -0.3 is 9.47 Å². The number of para-hydroxylation sites is 3. The number of aromatic nitrogens is 1. The van der Waals surface area contributed by atoms with Crippen molar-refractivity contribution in [3.8, 4) is 39.1 Å². The number of benzene rings is 10. The summed E-state index contributed by atoms with van der Waals surface area (Å²) in [7, 11) is 0. The van der Waals surface area contributed by atoms with E-state index in [9.17, 15) is 0 Å². The minimum absolute atomic E-state index is 1.09. The molecule has 10 aromatic carbocycles. The van der Waals surface area contributed by atoms with Gasteiger partial charge in [0.15, 0.2) is 0 Å². The van der Waals surface area contributed by atoms with Crippen LogP contribution in [0, 0.1) is 0 Å². The van der Waals surface area contributed by atoms with Crippen molar-refractivity contribution in [1.82, 2.24) is 4.57 Å². The van der Waals surface area contributed by atoms with E-state index in [2.05, 4.69) is 240 Å². The normalized spacial score (nSPS) is 11.4. The van der Waals surface area contributed by atoms with Gasteiger partial charge in [0.2, 0.25) is 0 Å². The second-order valence-corrected chi connectivity index (χ2v) is 14.8. The lowest BCUT2D eigenvalue weighted by Gasteiger charge is -2.29. The topological polar surface area (TPSA) is 8.17 Å². The second-order valence-electron chi connectivity index (χ2n) is 14.8. The van der Waals surface area contributed by atoms with Crippen molar-refractivity contribution in [2.75, 3.05) is 4.90 Å². The molecule has 0 unspecified atom stereocenters. The Morgan fingerprint density at radius 2 is 0.810 bits per heavy atom. The Morgan fingerprint density at radius 3 is 1.52 bits per heavy atom. The first-order valence-corrected chi connectivity index (χ1v) is 19.9. The van der Waals surface area contributed by atoms with Gasteiger partial charge in [-0.05, 0) is 97.9 Å². The van der Waals surface area contributed by atoms with E-state index in [4.69, 9.17) is 0 Å². The van der Waals surface area contributed by atoms with E-state index in [-0.39, 0.29) is 0 Å². The summed E-state index contributed by atoms with van der Waals surface area (Å²) in [6, 6.07) is 83.7. The Balaban J connectivity index is 1.28. The van der Waals surface area contributed by atoms with E-state index < -0.39 is 0 Å². The Labute approximate surface area is 338 Å². The molecule has 58 heavy (non-hydrogen) atoms. The Hall–Kier alpha value is -7.68. The fraction of sp³-hybridized carbons (Fsp3) is 0. The zero-order chi connectivity index (χ0) is 38.4. The van der Waals surface area contributed by atoms with Crippen molar-refractivity contribution in [1.29, 1.82) is 0 Å². The van der Waals surface area contributed by atoms with Crippen LogP contribution < -0.4 is 4.90 Å². The first-order chi connectivity index (χ1) is 28.8. The summed E-state index contributed by atoms with van der Waals surface area (Å²) in [6.07, 6.45) is 0. The van der Waals surface area contributed by atoms with Crippen LogP contribution in [0.4, 0.5) is 17.1 Å². The molecule has 2 heteroatoms. The lowest BCUT2D eigenvalue weighted by Crippen LogP contribution is -2.12. The van der Waals surface area contributed by atoms with Gasteiger partial charge in [-0.2, -0.15) is 0 Å². The third-order valence-corrected chi connectivity index (χ3v) is 11.6. The highest BCUT2D eigenvalue weighted by Crippen LogP contribution is 2.50. The fourth-order valence-corrected chi connectivity index (χ4v) is 9.11. The van der Waals surface area contributed by atoms with Crippen LogP contribution in [-0.4, -0.2) is 4.57 Å². The van der Waals surface area contributed by atoms with E-state index in [1.165, 1.54) is 71.2 Å². The van der Waals surface area contributed by atoms with Crippen molar-refractivity contribution in [3.63, 3.8) is 0 Å². The molecule has 0 N–H and O–H groups in total. The number of hydrogen-bond donors (Lipinski definition) is 0. The number of anilines is 3. The van der Waals surface area contributed by atoms with Crippen LogP contribution in [0.2, 0.25) is 0 Å². The predicted molar refractivity (Wildman–Crippen MR) is 247 cm³/mol. The quantitative estimate of drug-likeness (QED) is 0.148. The van der Waals surface area contributed by atoms with Crippen molar-refractivity contribution < 1.29 is 0 Å². The van der Waals surface area contributed by atoms with Crippen LogP contribution in [0.15, 0.2) is 231 Å². The van der Waals surface area contributed by atoms with Crippen LogP contribution in [-0.2, 0) is 0 Å². The standard InChI is InChI=1S/C56H38N2/c1-5-20-39(21-6-1)44-28-15-17-32-50(44)58(53-35-19-34-52-56(53)48-31-16-18-33-51(48)57(52)42-26-11-4-12-27-42)43-36-37-46-45-29-13-14-30-47(45)54(40-22-7-2-8-23-40)55(49(46)38-43)41-24-9-3-10-25-41/h1-38H. The maximum absolute atomic E-state index is 2.50. The average Bonchev–Trinajstić information content (AvgIpc) is 3.65. The van der Waals surface area contributed by atoms with E-state index >= 15 is 0 Å². The number of fused-ring (bicyclic) bond motifs is 6. The van der Waals surface area contributed by atoms with E-state index in [1.807, 2.05) is 0 Å². The molecule has 11 rings (SSSR count). The van der Waals surface area contributed by atoms with Gasteiger partial charge in [-0.3, -0.25) is 0 Å². The monoisotopic (exact) mass is 738 g/mol. The third kappa shape index (κ3) is 5.50. The predicted octanol–water partition coefficient (Wildman–Crippen LogP) is 15.6. The van der Waals surface area contributed by atoms with Crippen molar-refractivity contribution in [2.24, 2.45) is 0 Å². The molecule has 1 heterocycles. The first kappa shape index (κ1) is 33.6. The van der Waals surface area contributed by atoms with Crippen LogP contribution >= 0.6 is 0 Å². The first-order valence-electron chi connectivity index (χ1n) is 19.9. The molecule has 0 amide bonds. The highest BCUT2D eigenvalue weighted by atomic mass is 15.2. The van der Waals surface area contributed by atoms with Gasteiger partial charge in [0.25, 0.3) is 0 Å². The molecule has 0 aliphatic rings. The highest BCUT2D eigenvalue weighted by Gasteiger charge is 2.25. The van der Waals surface area contributed by atoms with Crippen LogP contribution in [0.1, 0.15) is 0 Å². The van der Waals surface area contributed by atoms with Gasteiger partial charge in [0.05, 0.1) is 22.4 Å².